The van der Waals surface area contributed by atoms with E-state index in [1.54, 1.807) is 0 Å². The van der Waals surface area contributed by atoms with Gasteiger partial charge in [0.25, 0.3) is 0 Å². The van der Waals surface area contributed by atoms with Crippen molar-refractivity contribution in [2.75, 3.05) is 11.4 Å². The number of hydrogen-bond donors (Lipinski definition) is 0. The Morgan fingerprint density at radius 3 is 2.89 bits per heavy atom. The molecule has 0 spiro atoms. The van der Waals surface area contributed by atoms with Crippen molar-refractivity contribution in [1.82, 2.24) is 0 Å². The Morgan fingerprint density at radius 2 is 2.05 bits per heavy atom. The number of hydrogen-bond acceptors (Lipinski definition) is 2. The highest BCUT2D eigenvalue weighted by Crippen LogP contribution is 2.34. The molecular weight excluding hydrogens is 365 g/mol. The van der Waals surface area contributed by atoms with Gasteiger partial charge in [0.1, 0.15) is 0 Å². The molecule has 0 radical (unpaired) electrons. The van der Waals surface area contributed by atoms with E-state index in [0.717, 1.165) is 0 Å². The topological polar surface area (TPSA) is 3.24 Å². The quantitative estimate of drug-likeness (QED) is 0.307. The summed E-state index contributed by atoms with van der Waals surface area (Å²) >= 11 is 4.46. The van der Waals surface area contributed by atoms with Gasteiger partial charge in [-0.1, -0.05) is 46.9 Å². The van der Waals surface area contributed by atoms with Crippen molar-refractivity contribution in [3.63, 3.8) is 0 Å². The molecule has 0 fully saturated rings. The van der Waals surface area contributed by atoms with E-state index >= 15 is 0 Å². The lowest BCUT2D eigenvalue weighted by molar-refractivity contribution is 0.696. The van der Waals surface area contributed by atoms with Gasteiger partial charge >= 0.3 is 0 Å². The van der Waals surface area contributed by atoms with Crippen LogP contribution in [0.1, 0.15) is 23.3 Å². The number of thiophene rings is 1. The molecule has 0 bridgehead atoms. The SMILES string of the molecule is IC1Cc2ccccc2N1CCCCc1cccs1. The van der Waals surface area contributed by atoms with E-state index in [2.05, 4.69) is 69.3 Å². The second-order valence-electron chi connectivity index (χ2n) is 5.00. The minimum absolute atomic E-state index is 0.636. The second kappa shape index (κ2) is 6.27. The first-order chi connectivity index (χ1) is 9.34. The van der Waals surface area contributed by atoms with Gasteiger partial charge in [-0.15, -0.1) is 11.3 Å². The number of anilines is 1. The van der Waals surface area contributed by atoms with E-state index in [4.69, 9.17) is 0 Å². The van der Waals surface area contributed by atoms with Crippen LogP contribution in [-0.4, -0.2) is 10.6 Å². The van der Waals surface area contributed by atoms with Crippen LogP contribution in [0.4, 0.5) is 5.69 Å². The summed E-state index contributed by atoms with van der Waals surface area (Å²) < 4.78 is 0.636. The zero-order chi connectivity index (χ0) is 13.1. The number of aryl methyl sites for hydroxylation is 1. The molecule has 1 aromatic heterocycles. The van der Waals surface area contributed by atoms with Crippen molar-refractivity contribution >= 4 is 39.6 Å². The Bertz CT molecular complexity index is 523. The molecule has 19 heavy (non-hydrogen) atoms. The van der Waals surface area contributed by atoms with Gasteiger partial charge in [0.2, 0.25) is 0 Å². The summed E-state index contributed by atoms with van der Waals surface area (Å²) in [5, 5.41) is 2.17. The molecule has 1 atom stereocenters. The van der Waals surface area contributed by atoms with Crippen molar-refractivity contribution in [3.05, 3.63) is 52.2 Å². The predicted octanol–water partition coefficient (Wildman–Crippen LogP) is 4.89. The maximum Gasteiger partial charge on any atom is 0.0850 e. The smallest absolute Gasteiger partial charge is 0.0850 e. The summed E-state index contributed by atoms with van der Waals surface area (Å²) in [6, 6.07) is 13.3. The fourth-order valence-electron chi connectivity index (χ4n) is 2.70. The van der Waals surface area contributed by atoms with E-state index in [0.29, 0.717) is 4.05 Å². The highest BCUT2D eigenvalue weighted by Gasteiger charge is 2.25. The molecule has 0 saturated carbocycles. The van der Waals surface area contributed by atoms with Gasteiger partial charge in [0.05, 0.1) is 4.05 Å². The van der Waals surface area contributed by atoms with Gasteiger partial charge in [0, 0.05) is 23.5 Å². The summed E-state index contributed by atoms with van der Waals surface area (Å²) in [5.41, 5.74) is 2.97. The summed E-state index contributed by atoms with van der Waals surface area (Å²) in [7, 11) is 0. The first kappa shape index (κ1) is 13.4. The van der Waals surface area contributed by atoms with Crippen molar-refractivity contribution in [2.24, 2.45) is 0 Å². The Morgan fingerprint density at radius 1 is 1.16 bits per heavy atom. The van der Waals surface area contributed by atoms with Gasteiger partial charge in [-0.25, -0.2) is 0 Å². The molecule has 3 heteroatoms. The highest BCUT2D eigenvalue weighted by molar-refractivity contribution is 14.1. The van der Waals surface area contributed by atoms with Crippen LogP contribution >= 0.6 is 33.9 Å². The van der Waals surface area contributed by atoms with E-state index < -0.39 is 0 Å². The van der Waals surface area contributed by atoms with E-state index in [1.165, 1.54) is 48.4 Å². The minimum atomic E-state index is 0.636. The van der Waals surface area contributed by atoms with Crippen LogP contribution in [0.25, 0.3) is 0 Å². The number of unbranched alkanes of at least 4 members (excludes halogenated alkanes) is 1. The standard InChI is InChI=1S/C16H18INS/c17-16-12-13-6-1-2-9-15(13)18(16)10-4-3-7-14-8-5-11-19-14/h1-2,5-6,8-9,11,16H,3-4,7,10,12H2. The molecule has 1 aromatic carbocycles. The third-order valence-corrected chi connectivity index (χ3v) is 5.73. The Balaban J connectivity index is 1.53. The minimum Gasteiger partial charge on any atom is -0.359 e. The van der Waals surface area contributed by atoms with Crippen molar-refractivity contribution in [2.45, 2.75) is 29.7 Å². The maximum atomic E-state index is 2.58. The van der Waals surface area contributed by atoms with E-state index in [-0.39, 0.29) is 0 Å². The third kappa shape index (κ3) is 3.14. The van der Waals surface area contributed by atoms with Crippen LogP contribution in [0.2, 0.25) is 0 Å². The van der Waals surface area contributed by atoms with Crippen molar-refractivity contribution in [1.29, 1.82) is 0 Å². The summed E-state index contributed by atoms with van der Waals surface area (Å²) in [5.74, 6) is 0. The summed E-state index contributed by atoms with van der Waals surface area (Å²) in [6.07, 6.45) is 5.01. The van der Waals surface area contributed by atoms with Crippen molar-refractivity contribution < 1.29 is 0 Å². The van der Waals surface area contributed by atoms with Gasteiger partial charge in [-0.05, 0) is 42.3 Å². The second-order valence-corrected chi connectivity index (χ2v) is 7.47. The molecule has 1 unspecified atom stereocenters. The Labute approximate surface area is 132 Å². The number of nitrogens with zero attached hydrogens (tertiary/aromatic N) is 1. The number of para-hydroxylation sites is 1. The molecule has 1 aliphatic heterocycles. The molecule has 0 N–H and O–H groups in total. The van der Waals surface area contributed by atoms with E-state index in [1.807, 2.05) is 11.3 Å². The number of benzene rings is 1. The highest BCUT2D eigenvalue weighted by atomic mass is 127. The fraction of sp³-hybridized carbons (Fsp3) is 0.375. The molecule has 0 aliphatic carbocycles. The normalized spacial score (nSPS) is 17.7. The largest absolute Gasteiger partial charge is 0.359 e. The number of fused-ring (bicyclic) bond motifs is 1. The van der Waals surface area contributed by atoms with Crippen molar-refractivity contribution in [3.8, 4) is 0 Å². The lowest BCUT2D eigenvalue weighted by Gasteiger charge is -2.23. The maximum absolute atomic E-state index is 2.58. The van der Waals surface area contributed by atoms with Crippen LogP contribution in [0.5, 0.6) is 0 Å². The monoisotopic (exact) mass is 383 g/mol. The molecule has 0 saturated heterocycles. The molecule has 1 nitrogen and oxygen atoms in total. The molecule has 100 valence electrons. The summed E-state index contributed by atoms with van der Waals surface area (Å²) in [6.45, 7) is 1.19. The number of rotatable bonds is 5. The van der Waals surface area contributed by atoms with Crippen LogP contribution in [0, 0.1) is 0 Å². The van der Waals surface area contributed by atoms with E-state index in [9.17, 15) is 0 Å². The Kier molecular flexibility index (Phi) is 4.43. The van der Waals surface area contributed by atoms with Crippen LogP contribution < -0.4 is 4.90 Å². The molecule has 2 heterocycles. The summed E-state index contributed by atoms with van der Waals surface area (Å²) in [4.78, 5) is 4.09. The van der Waals surface area contributed by atoms with Gasteiger partial charge in [-0.2, -0.15) is 0 Å². The zero-order valence-corrected chi connectivity index (χ0v) is 13.9. The average Bonchev–Trinajstić information content (AvgIpc) is 3.02. The zero-order valence-electron chi connectivity index (χ0n) is 10.9. The molecule has 0 amide bonds. The van der Waals surface area contributed by atoms with Crippen LogP contribution in [0.3, 0.4) is 0 Å². The first-order valence-corrected chi connectivity index (χ1v) is 8.98. The molecular formula is C16H18INS. The fourth-order valence-corrected chi connectivity index (χ4v) is 4.51. The number of alkyl halides is 1. The van der Waals surface area contributed by atoms with Gasteiger partial charge in [-0.3, -0.25) is 0 Å². The number of halogens is 1. The molecule has 1 aliphatic rings. The lowest BCUT2D eigenvalue weighted by atomic mass is 10.2. The first-order valence-electron chi connectivity index (χ1n) is 6.85. The molecule has 3 rings (SSSR count). The van der Waals surface area contributed by atoms with Gasteiger partial charge < -0.3 is 4.90 Å². The third-order valence-electron chi connectivity index (χ3n) is 3.68. The average molecular weight is 383 g/mol. The van der Waals surface area contributed by atoms with Crippen LogP contribution in [0.15, 0.2) is 41.8 Å². The van der Waals surface area contributed by atoms with Gasteiger partial charge in [0.15, 0.2) is 0 Å². The lowest BCUT2D eigenvalue weighted by Crippen LogP contribution is -2.27. The Hall–Kier alpha value is -0.550. The van der Waals surface area contributed by atoms with Crippen LogP contribution in [-0.2, 0) is 12.8 Å². The predicted molar refractivity (Wildman–Crippen MR) is 92.6 cm³/mol. The molecule has 2 aromatic rings.